The summed E-state index contributed by atoms with van der Waals surface area (Å²) >= 11 is 0. The molecule has 0 unspecified atom stereocenters. The fourth-order valence-corrected chi connectivity index (χ4v) is 3.03. The van der Waals surface area contributed by atoms with Crippen molar-refractivity contribution < 1.29 is 4.39 Å². The first-order chi connectivity index (χ1) is 13.6. The number of nitrogens with two attached hydrogens (primary N) is 1. The van der Waals surface area contributed by atoms with Gasteiger partial charge in [-0.2, -0.15) is 5.26 Å². The lowest BCUT2D eigenvalue weighted by atomic mass is 10.1. The SMILES string of the molecule is N#Cc1cc(-c2ccnc(Nc3ccc(N)nc3)n2)cnc1N1CC[C@H](F)C1. The van der Waals surface area contributed by atoms with Gasteiger partial charge < -0.3 is 16.0 Å². The normalized spacial score (nSPS) is 16.0. The third kappa shape index (κ3) is 3.66. The molecule has 3 aromatic heterocycles. The van der Waals surface area contributed by atoms with E-state index in [2.05, 4.69) is 31.3 Å². The number of nitrogens with one attached hydrogen (secondary N) is 1. The van der Waals surface area contributed by atoms with Gasteiger partial charge in [0.15, 0.2) is 0 Å². The van der Waals surface area contributed by atoms with Gasteiger partial charge in [-0.3, -0.25) is 0 Å². The van der Waals surface area contributed by atoms with Crippen molar-refractivity contribution in [2.45, 2.75) is 12.6 Å². The smallest absolute Gasteiger partial charge is 0.227 e. The third-order valence-electron chi connectivity index (χ3n) is 4.41. The van der Waals surface area contributed by atoms with E-state index >= 15 is 0 Å². The molecule has 1 saturated heterocycles. The Kier molecular flexibility index (Phi) is 4.68. The minimum absolute atomic E-state index is 0.262. The van der Waals surface area contributed by atoms with Crippen LogP contribution in [0.2, 0.25) is 0 Å². The fourth-order valence-electron chi connectivity index (χ4n) is 3.03. The molecule has 1 fully saturated rings. The van der Waals surface area contributed by atoms with Crippen LogP contribution in [0, 0.1) is 11.3 Å². The fraction of sp³-hybridized carbons (Fsp3) is 0.211. The van der Waals surface area contributed by atoms with Crippen LogP contribution in [0.3, 0.4) is 0 Å². The zero-order valence-corrected chi connectivity index (χ0v) is 14.9. The summed E-state index contributed by atoms with van der Waals surface area (Å²) < 4.78 is 13.5. The van der Waals surface area contributed by atoms with Crippen molar-refractivity contribution in [1.82, 2.24) is 19.9 Å². The number of nitrogen functional groups attached to an aromatic ring is 1. The summed E-state index contributed by atoms with van der Waals surface area (Å²) in [6.07, 6.45) is 4.41. The number of pyridine rings is 2. The van der Waals surface area contributed by atoms with Gasteiger partial charge in [0, 0.05) is 24.5 Å². The number of rotatable bonds is 4. The zero-order valence-electron chi connectivity index (χ0n) is 14.9. The standard InChI is InChI=1S/C19H17FN8/c20-14-4-6-28(11-14)18-12(8-21)7-13(9-25-18)16-3-5-23-19(27-16)26-15-1-2-17(22)24-10-15/h1-3,5,7,9-10,14H,4,6,11H2,(H2,22,24)(H,23,26,27)/t14-/m0/s1. The summed E-state index contributed by atoms with van der Waals surface area (Å²) in [5, 5.41) is 12.6. The number of nitrogens with zero attached hydrogens (tertiary/aromatic N) is 6. The topological polar surface area (TPSA) is 117 Å². The Morgan fingerprint density at radius 3 is 2.82 bits per heavy atom. The van der Waals surface area contributed by atoms with Crippen LogP contribution in [0.15, 0.2) is 42.9 Å². The van der Waals surface area contributed by atoms with Crippen molar-refractivity contribution in [3.05, 3.63) is 48.4 Å². The Hall–Kier alpha value is -3.80. The second-order valence-corrected chi connectivity index (χ2v) is 6.40. The molecule has 0 saturated carbocycles. The Morgan fingerprint density at radius 2 is 2.11 bits per heavy atom. The quantitative estimate of drug-likeness (QED) is 0.714. The summed E-state index contributed by atoms with van der Waals surface area (Å²) in [6.45, 7) is 0.817. The van der Waals surface area contributed by atoms with Crippen LogP contribution >= 0.6 is 0 Å². The lowest BCUT2D eigenvalue weighted by molar-refractivity contribution is 0.364. The maximum atomic E-state index is 13.5. The molecule has 4 rings (SSSR count). The molecular formula is C19H17FN8. The highest BCUT2D eigenvalue weighted by atomic mass is 19.1. The van der Waals surface area contributed by atoms with Gasteiger partial charge in [0.2, 0.25) is 5.95 Å². The molecule has 1 aliphatic rings. The van der Waals surface area contributed by atoms with Crippen molar-refractivity contribution in [3.8, 4) is 17.3 Å². The van der Waals surface area contributed by atoms with Crippen LogP contribution in [0.25, 0.3) is 11.3 Å². The molecule has 0 aromatic carbocycles. The number of alkyl halides is 1. The molecule has 1 aliphatic heterocycles. The number of nitriles is 1. The molecule has 4 heterocycles. The van der Waals surface area contributed by atoms with Gasteiger partial charge in [-0.1, -0.05) is 0 Å². The van der Waals surface area contributed by atoms with Gasteiger partial charge >= 0.3 is 0 Å². The molecule has 140 valence electrons. The van der Waals surface area contributed by atoms with Crippen LogP contribution in [0.5, 0.6) is 0 Å². The van der Waals surface area contributed by atoms with Crippen LogP contribution in [0.4, 0.5) is 27.7 Å². The molecule has 0 radical (unpaired) electrons. The van der Waals surface area contributed by atoms with Gasteiger partial charge in [-0.25, -0.2) is 24.3 Å². The van der Waals surface area contributed by atoms with Crippen LogP contribution in [0.1, 0.15) is 12.0 Å². The highest BCUT2D eigenvalue weighted by molar-refractivity contribution is 5.67. The Balaban J connectivity index is 1.60. The lowest BCUT2D eigenvalue weighted by Gasteiger charge is -2.18. The second kappa shape index (κ2) is 7.44. The Bertz CT molecular complexity index is 1030. The minimum atomic E-state index is -0.883. The molecule has 1 atom stereocenters. The first-order valence-corrected chi connectivity index (χ1v) is 8.73. The van der Waals surface area contributed by atoms with E-state index < -0.39 is 6.17 Å². The Labute approximate surface area is 160 Å². The van der Waals surface area contributed by atoms with Crippen molar-refractivity contribution >= 4 is 23.3 Å². The molecule has 0 bridgehead atoms. The maximum Gasteiger partial charge on any atom is 0.227 e. The zero-order chi connectivity index (χ0) is 19.5. The summed E-state index contributed by atoms with van der Waals surface area (Å²) in [7, 11) is 0. The van der Waals surface area contributed by atoms with E-state index in [0.717, 1.165) is 0 Å². The van der Waals surface area contributed by atoms with Crippen LogP contribution < -0.4 is 16.0 Å². The summed E-state index contributed by atoms with van der Waals surface area (Å²) in [4.78, 5) is 18.9. The molecule has 0 spiro atoms. The number of hydrogen-bond donors (Lipinski definition) is 2. The summed E-state index contributed by atoms with van der Waals surface area (Å²) in [5.41, 5.74) is 7.97. The maximum absolute atomic E-state index is 13.5. The van der Waals surface area contributed by atoms with Crippen molar-refractivity contribution in [3.63, 3.8) is 0 Å². The second-order valence-electron chi connectivity index (χ2n) is 6.40. The predicted molar refractivity (Wildman–Crippen MR) is 104 cm³/mol. The average molecular weight is 376 g/mol. The first-order valence-electron chi connectivity index (χ1n) is 8.73. The molecule has 3 aromatic rings. The molecule has 8 nitrogen and oxygen atoms in total. The molecular weight excluding hydrogens is 359 g/mol. The van der Waals surface area contributed by atoms with E-state index in [0.29, 0.717) is 53.1 Å². The van der Waals surface area contributed by atoms with E-state index in [1.165, 1.54) is 0 Å². The van der Waals surface area contributed by atoms with E-state index in [1.54, 1.807) is 47.8 Å². The summed E-state index contributed by atoms with van der Waals surface area (Å²) in [6, 6.07) is 9.05. The average Bonchev–Trinajstić information content (AvgIpc) is 3.15. The first kappa shape index (κ1) is 17.6. The highest BCUT2D eigenvalue weighted by Crippen LogP contribution is 2.27. The predicted octanol–water partition coefficient (Wildman–Crippen LogP) is 2.68. The highest BCUT2D eigenvalue weighted by Gasteiger charge is 2.25. The van der Waals surface area contributed by atoms with Crippen molar-refractivity contribution in [1.29, 1.82) is 5.26 Å². The minimum Gasteiger partial charge on any atom is -0.384 e. The molecule has 0 aliphatic carbocycles. The van der Waals surface area contributed by atoms with Crippen molar-refractivity contribution in [2.75, 3.05) is 29.0 Å². The van der Waals surface area contributed by atoms with E-state index in [4.69, 9.17) is 5.73 Å². The molecule has 0 amide bonds. The van der Waals surface area contributed by atoms with Gasteiger partial charge in [-0.15, -0.1) is 0 Å². The van der Waals surface area contributed by atoms with Gasteiger partial charge in [-0.05, 0) is 30.7 Å². The molecule has 3 N–H and O–H groups in total. The Morgan fingerprint density at radius 1 is 1.21 bits per heavy atom. The molecule has 9 heteroatoms. The largest absolute Gasteiger partial charge is 0.384 e. The monoisotopic (exact) mass is 376 g/mol. The van der Waals surface area contributed by atoms with Gasteiger partial charge in [0.25, 0.3) is 0 Å². The summed E-state index contributed by atoms with van der Waals surface area (Å²) in [5.74, 6) is 1.31. The van der Waals surface area contributed by atoms with Crippen LogP contribution in [-0.2, 0) is 0 Å². The number of anilines is 4. The van der Waals surface area contributed by atoms with E-state index in [-0.39, 0.29) is 6.54 Å². The van der Waals surface area contributed by atoms with Crippen LogP contribution in [-0.4, -0.2) is 39.2 Å². The van der Waals surface area contributed by atoms with E-state index in [9.17, 15) is 9.65 Å². The number of hydrogen-bond acceptors (Lipinski definition) is 8. The number of aromatic nitrogens is 4. The molecule has 28 heavy (non-hydrogen) atoms. The third-order valence-corrected chi connectivity index (χ3v) is 4.41. The number of halogens is 1. The van der Waals surface area contributed by atoms with Gasteiger partial charge in [0.05, 0.1) is 29.7 Å². The van der Waals surface area contributed by atoms with Crippen molar-refractivity contribution in [2.24, 2.45) is 0 Å². The van der Waals surface area contributed by atoms with Gasteiger partial charge in [0.1, 0.15) is 23.9 Å². The lowest BCUT2D eigenvalue weighted by Crippen LogP contribution is -2.22. The van der Waals surface area contributed by atoms with E-state index in [1.807, 2.05) is 0 Å².